The van der Waals surface area contributed by atoms with Gasteiger partial charge in [0.05, 0.1) is 16.6 Å². The molecule has 0 spiro atoms. The monoisotopic (exact) mass is 249 g/mol. The van der Waals surface area contributed by atoms with E-state index >= 15 is 0 Å². The van der Waals surface area contributed by atoms with Crippen molar-refractivity contribution < 1.29 is 9.90 Å². The van der Waals surface area contributed by atoms with Gasteiger partial charge in [-0.05, 0) is 25.4 Å². The van der Waals surface area contributed by atoms with E-state index in [-0.39, 0.29) is 16.4 Å². The van der Waals surface area contributed by atoms with Crippen molar-refractivity contribution in [2.45, 2.75) is 23.5 Å². The summed E-state index contributed by atoms with van der Waals surface area (Å²) < 4.78 is 0.102. The lowest BCUT2D eigenvalue weighted by molar-refractivity contribution is -0.140. The van der Waals surface area contributed by atoms with Gasteiger partial charge in [-0.15, -0.1) is 23.5 Å². The van der Waals surface area contributed by atoms with Gasteiger partial charge in [-0.25, -0.2) is 0 Å². The maximum atomic E-state index is 11.9. The Bertz CT molecular complexity index is 221. The van der Waals surface area contributed by atoms with Crippen molar-refractivity contribution in [3.8, 4) is 0 Å². The van der Waals surface area contributed by atoms with Crippen LogP contribution in [0, 0.1) is 5.92 Å². The van der Waals surface area contributed by atoms with Crippen molar-refractivity contribution in [1.82, 2.24) is 4.90 Å². The van der Waals surface area contributed by atoms with E-state index in [0.29, 0.717) is 0 Å². The Kier molecular flexibility index (Phi) is 5.29. The Morgan fingerprint density at radius 2 is 2.07 bits per heavy atom. The van der Waals surface area contributed by atoms with Gasteiger partial charge < -0.3 is 10.0 Å². The van der Waals surface area contributed by atoms with E-state index < -0.39 is 6.10 Å². The Morgan fingerprint density at radius 1 is 1.47 bits per heavy atom. The standard InChI is InChI=1S/C10H19NO2S2/c1-11-6-4-5-7(9(11)13)8(12)10(14-2)15-3/h7-8,10,12H,4-6H2,1-3H3/t7-,8+/m0/s1. The molecule has 1 N–H and O–H groups in total. The molecule has 0 bridgehead atoms. The fourth-order valence-corrected chi connectivity index (χ4v) is 3.65. The first-order valence-corrected chi connectivity index (χ1v) is 7.68. The minimum absolute atomic E-state index is 0.0989. The molecule has 1 amide bonds. The third-order valence-electron chi connectivity index (χ3n) is 2.86. The SMILES string of the molecule is CSC(SC)[C@H](O)[C@@H]1CCCN(C)C1=O. The molecule has 1 fully saturated rings. The van der Waals surface area contributed by atoms with E-state index in [1.165, 1.54) is 0 Å². The van der Waals surface area contributed by atoms with Gasteiger partial charge in [0.1, 0.15) is 0 Å². The summed E-state index contributed by atoms with van der Waals surface area (Å²) in [5.74, 6) is -0.101. The largest absolute Gasteiger partial charge is 0.390 e. The van der Waals surface area contributed by atoms with Crippen LogP contribution in [0.1, 0.15) is 12.8 Å². The summed E-state index contributed by atoms with van der Waals surface area (Å²) in [7, 11) is 1.81. The number of amides is 1. The molecule has 0 radical (unpaired) electrons. The minimum Gasteiger partial charge on any atom is -0.390 e. The first-order valence-electron chi connectivity index (χ1n) is 5.10. The quantitative estimate of drug-likeness (QED) is 0.762. The van der Waals surface area contributed by atoms with Crippen LogP contribution >= 0.6 is 23.5 Å². The van der Waals surface area contributed by atoms with E-state index in [2.05, 4.69) is 0 Å². The molecule has 1 saturated heterocycles. The van der Waals surface area contributed by atoms with Crippen molar-refractivity contribution in [1.29, 1.82) is 0 Å². The Balaban J connectivity index is 2.64. The summed E-state index contributed by atoms with van der Waals surface area (Å²) in [6.07, 6.45) is 5.25. The highest BCUT2D eigenvalue weighted by atomic mass is 32.2. The normalized spacial score (nSPS) is 24.7. The lowest BCUT2D eigenvalue weighted by atomic mass is 9.92. The van der Waals surface area contributed by atoms with E-state index in [4.69, 9.17) is 0 Å². The average Bonchev–Trinajstić information content (AvgIpc) is 2.23. The molecule has 0 unspecified atom stereocenters. The summed E-state index contributed by atoms with van der Waals surface area (Å²) >= 11 is 3.23. The maximum Gasteiger partial charge on any atom is 0.228 e. The minimum atomic E-state index is -0.523. The lowest BCUT2D eigenvalue weighted by Gasteiger charge is -2.34. The first kappa shape index (κ1) is 13.2. The van der Waals surface area contributed by atoms with Crippen molar-refractivity contribution >= 4 is 29.4 Å². The van der Waals surface area contributed by atoms with Crippen LogP contribution in [0.2, 0.25) is 0 Å². The van der Waals surface area contributed by atoms with Gasteiger partial charge in [0, 0.05) is 13.6 Å². The number of aliphatic hydroxyl groups excluding tert-OH is 1. The van der Waals surface area contributed by atoms with Crippen molar-refractivity contribution in [3.05, 3.63) is 0 Å². The van der Waals surface area contributed by atoms with E-state index in [1.807, 2.05) is 19.6 Å². The molecule has 3 nitrogen and oxygen atoms in total. The predicted molar refractivity (Wildman–Crippen MR) is 67.2 cm³/mol. The summed E-state index contributed by atoms with van der Waals surface area (Å²) in [5.41, 5.74) is 0. The Morgan fingerprint density at radius 3 is 2.60 bits per heavy atom. The smallest absolute Gasteiger partial charge is 0.228 e. The summed E-state index contributed by atoms with van der Waals surface area (Å²) in [6.45, 7) is 0.825. The van der Waals surface area contributed by atoms with Crippen LogP contribution in [0.15, 0.2) is 0 Å². The van der Waals surface area contributed by atoms with Gasteiger partial charge in [0.2, 0.25) is 5.91 Å². The van der Waals surface area contributed by atoms with Crippen molar-refractivity contribution in [2.24, 2.45) is 5.92 Å². The Labute approximate surface area is 100.0 Å². The number of carbonyl (C=O) groups excluding carboxylic acids is 1. The molecule has 5 heteroatoms. The summed E-state index contributed by atoms with van der Waals surface area (Å²) in [6, 6.07) is 0. The number of likely N-dealkylation sites (tertiary alicyclic amines) is 1. The van der Waals surface area contributed by atoms with Gasteiger partial charge >= 0.3 is 0 Å². The van der Waals surface area contributed by atoms with E-state index in [1.54, 1.807) is 28.4 Å². The van der Waals surface area contributed by atoms with Gasteiger partial charge in [-0.3, -0.25) is 4.79 Å². The predicted octanol–water partition coefficient (Wildman–Crippen LogP) is 1.27. The molecule has 0 aliphatic carbocycles. The van der Waals surface area contributed by atoms with Crippen molar-refractivity contribution in [3.63, 3.8) is 0 Å². The molecule has 0 aromatic rings. The number of hydrogen-bond donors (Lipinski definition) is 1. The number of rotatable bonds is 4. The molecule has 0 saturated carbocycles. The molecule has 0 aromatic carbocycles. The van der Waals surface area contributed by atoms with Gasteiger partial charge in [-0.1, -0.05) is 0 Å². The second-order valence-corrected chi connectivity index (χ2v) is 6.10. The number of carbonyl (C=O) groups is 1. The van der Waals surface area contributed by atoms with Gasteiger partial charge in [0.15, 0.2) is 0 Å². The van der Waals surface area contributed by atoms with Crippen molar-refractivity contribution in [2.75, 3.05) is 26.1 Å². The third kappa shape index (κ3) is 3.04. The highest BCUT2D eigenvalue weighted by Gasteiger charge is 2.35. The zero-order valence-electron chi connectivity index (χ0n) is 9.47. The van der Waals surface area contributed by atoms with E-state index in [0.717, 1.165) is 19.4 Å². The van der Waals surface area contributed by atoms with Crippen LogP contribution in [0.25, 0.3) is 0 Å². The third-order valence-corrected chi connectivity index (χ3v) is 5.50. The second-order valence-electron chi connectivity index (χ2n) is 3.84. The number of hydrogen-bond acceptors (Lipinski definition) is 4. The van der Waals surface area contributed by atoms with Crippen LogP contribution < -0.4 is 0 Å². The molecule has 1 heterocycles. The van der Waals surface area contributed by atoms with Crippen LogP contribution in [0.4, 0.5) is 0 Å². The number of nitrogens with zero attached hydrogens (tertiary/aromatic N) is 1. The number of piperidine rings is 1. The molecule has 2 atom stereocenters. The van der Waals surface area contributed by atoms with Gasteiger partial charge in [-0.2, -0.15) is 0 Å². The topological polar surface area (TPSA) is 40.5 Å². The molecule has 1 aliphatic rings. The molecular formula is C10H19NO2S2. The highest BCUT2D eigenvalue weighted by molar-refractivity contribution is 8.16. The van der Waals surface area contributed by atoms with Crippen LogP contribution in [0.3, 0.4) is 0 Å². The molecule has 1 aliphatic heterocycles. The van der Waals surface area contributed by atoms with E-state index in [9.17, 15) is 9.90 Å². The lowest BCUT2D eigenvalue weighted by Crippen LogP contribution is -2.45. The fraction of sp³-hybridized carbons (Fsp3) is 0.900. The Hall–Kier alpha value is 0.130. The van der Waals surface area contributed by atoms with Crippen LogP contribution in [-0.2, 0) is 4.79 Å². The number of aliphatic hydroxyl groups is 1. The second kappa shape index (κ2) is 6.01. The van der Waals surface area contributed by atoms with Crippen LogP contribution in [0.5, 0.6) is 0 Å². The summed E-state index contributed by atoms with van der Waals surface area (Å²) in [5, 5.41) is 10.1. The fourth-order valence-electron chi connectivity index (χ4n) is 1.95. The highest BCUT2D eigenvalue weighted by Crippen LogP contribution is 2.31. The zero-order chi connectivity index (χ0) is 11.4. The molecule has 88 valence electrons. The molecule has 1 rings (SSSR count). The summed E-state index contributed by atoms with van der Waals surface area (Å²) in [4.78, 5) is 13.6. The number of thioether (sulfide) groups is 2. The van der Waals surface area contributed by atoms with Crippen LogP contribution in [-0.4, -0.2) is 52.7 Å². The van der Waals surface area contributed by atoms with Gasteiger partial charge in [0.25, 0.3) is 0 Å². The first-order chi connectivity index (χ1) is 7.11. The zero-order valence-corrected chi connectivity index (χ0v) is 11.1. The maximum absolute atomic E-state index is 11.9. The molecular weight excluding hydrogens is 230 g/mol. The molecule has 15 heavy (non-hydrogen) atoms. The molecule has 0 aromatic heterocycles. The average molecular weight is 249 g/mol.